The first-order valence-electron chi connectivity index (χ1n) is 7.35. The Labute approximate surface area is 111 Å². The molecule has 0 amide bonds. The molecule has 1 saturated heterocycles. The zero-order valence-corrected chi connectivity index (χ0v) is 12.1. The molecule has 2 N–H and O–H groups in total. The lowest BCUT2D eigenvalue weighted by Gasteiger charge is -2.30. The summed E-state index contributed by atoms with van der Waals surface area (Å²) in [6.45, 7) is 3.52. The Bertz CT molecular complexity index is 344. The standard InChI is InChI=1S/C13H26N2O2S/c1-2-13(11-6-4-3-5-7-11)15-18(16,17)12-8-9-14-10-12/h11-15H,2-10H2,1H3. The summed E-state index contributed by atoms with van der Waals surface area (Å²) in [6, 6.07) is 0.149. The van der Waals surface area contributed by atoms with Crippen LogP contribution in [0.5, 0.6) is 0 Å². The van der Waals surface area contributed by atoms with Crippen molar-refractivity contribution in [1.29, 1.82) is 0 Å². The summed E-state index contributed by atoms with van der Waals surface area (Å²) in [7, 11) is -3.13. The van der Waals surface area contributed by atoms with Crippen LogP contribution in [0.4, 0.5) is 0 Å². The fourth-order valence-corrected chi connectivity index (χ4v) is 4.99. The van der Waals surface area contributed by atoms with E-state index in [4.69, 9.17) is 0 Å². The molecule has 0 aromatic carbocycles. The van der Waals surface area contributed by atoms with E-state index in [-0.39, 0.29) is 11.3 Å². The predicted molar refractivity (Wildman–Crippen MR) is 74.0 cm³/mol. The van der Waals surface area contributed by atoms with Gasteiger partial charge in [-0.3, -0.25) is 0 Å². The van der Waals surface area contributed by atoms with Crippen LogP contribution in [0.1, 0.15) is 51.9 Å². The molecule has 2 rings (SSSR count). The van der Waals surface area contributed by atoms with Gasteiger partial charge in [0, 0.05) is 12.6 Å². The van der Waals surface area contributed by atoms with Crippen LogP contribution in [0.25, 0.3) is 0 Å². The second kappa shape index (κ2) is 6.35. The van der Waals surface area contributed by atoms with Crippen LogP contribution in [-0.2, 0) is 10.0 Å². The molecule has 1 heterocycles. The second-order valence-electron chi connectivity index (χ2n) is 5.69. The van der Waals surface area contributed by atoms with E-state index in [2.05, 4.69) is 17.0 Å². The molecule has 5 heteroatoms. The van der Waals surface area contributed by atoms with Gasteiger partial charge in [0.2, 0.25) is 10.0 Å². The summed E-state index contributed by atoms with van der Waals surface area (Å²) >= 11 is 0. The van der Waals surface area contributed by atoms with Crippen LogP contribution in [0.15, 0.2) is 0 Å². The number of nitrogens with one attached hydrogen (secondary N) is 2. The third-order valence-corrected chi connectivity index (χ3v) is 6.34. The summed E-state index contributed by atoms with van der Waals surface area (Å²) in [5, 5.41) is 2.90. The van der Waals surface area contributed by atoms with Crippen molar-refractivity contribution in [3.05, 3.63) is 0 Å². The lowest BCUT2D eigenvalue weighted by molar-refractivity contribution is 0.285. The largest absolute Gasteiger partial charge is 0.315 e. The topological polar surface area (TPSA) is 58.2 Å². The van der Waals surface area contributed by atoms with Gasteiger partial charge in [0.05, 0.1) is 5.25 Å². The van der Waals surface area contributed by atoms with Gasteiger partial charge in [0.1, 0.15) is 0 Å². The summed E-state index contributed by atoms with van der Waals surface area (Å²) < 4.78 is 27.6. The van der Waals surface area contributed by atoms with E-state index in [1.54, 1.807) is 0 Å². The van der Waals surface area contributed by atoms with E-state index in [0.29, 0.717) is 12.5 Å². The number of rotatable bonds is 5. The first-order chi connectivity index (χ1) is 8.63. The van der Waals surface area contributed by atoms with Gasteiger partial charge in [-0.2, -0.15) is 0 Å². The molecule has 0 spiro atoms. The summed E-state index contributed by atoms with van der Waals surface area (Å²) in [6.07, 6.45) is 7.85. The first kappa shape index (κ1) is 14.3. The van der Waals surface area contributed by atoms with Crippen LogP contribution in [0.3, 0.4) is 0 Å². The van der Waals surface area contributed by atoms with Crippen molar-refractivity contribution >= 4 is 10.0 Å². The summed E-state index contributed by atoms with van der Waals surface area (Å²) in [5.41, 5.74) is 0. The van der Waals surface area contributed by atoms with E-state index in [0.717, 1.165) is 19.4 Å². The molecule has 2 fully saturated rings. The number of hydrogen-bond acceptors (Lipinski definition) is 3. The molecular weight excluding hydrogens is 248 g/mol. The lowest BCUT2D eigenvalue weighted by atomic mass is 9.83. The monoisotopic (exact) mass is 274 g/mol. The van der Waals surface area contributed by atoms with Gasteiger partial charge in [0.15, 0.2) is 0 Å². The fraction of sp³-hybridized carbons (Fsp3) is 1.00. The molecule has 4 nitrogen and oxygen atoms in total. The molecule has 1 saturated carbocycles. The Balaban J connectivity index is 1.95. The van der Waals surface area contributed by atoms with Crippen molar-refractivity contribution in [3.8, 4) is 0 Å². The van der Waals surface area contributed by atoms with Gasteiger partial charge in [-0.05, 0) is 38.1 Å². The predicted octanol–water partition coefficient (Wildman–Crippen LogP) is 1.63. The van der Waals surface area contributed by atoms with E-state index >= 15 is 0 Å². The van der Waals surface area contributed by atoms with E-state index in [1.165, 1.54) is 32.1 Å². The van der Waals surface area contributed by atoms with Gasteiger partial charge < -0.3 is 5.32 Å². The maximum Gasteiger partial charge on any atom is 0.216 e. The van der Waals surface area contributed by atoms with Crippen molar-refractivity contribution < 1.29 is 8.42 Å². The van der Waals surface area contributed by atoms with Crippen LogP contribution < -0.4 is 10.0 Å². The van der Waals surface area contributed by atoms with Crippen molar-refractivity contribution in [1.82, 2.24) is 10.0 Å². The molecule has 1 aliphatic carbocycles. The lowest BCUT2D eigenvalue weighted by Crippen LogP contribution is -2.45. The number of hydrogen-bond donors (Lipinski definition) is 2. The molecule has 0 aromatic heterocycles. The molecular formula is C13H26N2O2S. The van der Waals surface area contributed by atoms with Crippen molar-refractivity contribution in [3.63, 3.8) is 0 Å². The van der Waals surface area contributed by atoms with Gasteiger partial charge in [-0.25, -0.2) is 13.1 Å². The number of sulfonamides is 1. The van der Waals surface area contributed by atoms with Gasteiger partial charge in [-0.15, -0.1) is 0 Å². The molecule has 2 atom stereocenters. The van der Waals surface area contributed by atoms with E-state index < -0.39 is 10.0 Å². The summed E-state index contributed by atoms with van der Waals surface area (Å²) in [4.78, 5) is 0. The highest BCUT2D eigenvalue weighted by Gasteiger charge is 2.32. The highest BCUT2D eigenvalue weighted by molar-refractivity contribution is 7.90. The van der Waals surface area contributed by atoms with Crippen molar-refractivity contribution in [2.45, 2.75) is 63.2 Å². The molecule has 18 heavy (non-hydrogen) atoms. The SMILES string of the molecule is CCC(NS(=O)(=O)C1CCNC1)C1CCCCC1. The third-order valence-electron chi connectivity index (χ3n) is 4.43. The Morgan fingerprint density at radius 3 is 2.50 bits per heavy atom. The Kier molecular flexibility index (Phi) is 5.04. The van der Waals surface area contributed by atoms with Crippen LogP contribution in [0.2, 0.25) is 0 Å². The molecule has 106 valence electrons. The van der Waals surface area contributed by atoms with Crippen LogP contribution in [0, 0.1) is 5.92 Å². The Morgan fingerprint density at radius 1 is 1.22 bits per heavy atom. The van der Waals surface area contributed by atoms with Gasteiger partial charge >= 0.3 is 0 Å². The first-order valence-corrected chi connectivity index (χ1v) is 8.90. The highest BCUT2D eigenvalue weighted by Crippen LogP contribution is 2.28. The average Bonchev–Trinajstić information content (AvgIpc) is 2.92. The normalized spacial score (nSPS) is 28.4. The van der Waals surface area contributed by atoms with Gasteiger partial charge in [0.25, 0.3) is 0 Å². The summed E-state index contributed by atoms with van der Waals surface area (Å²) in [5.74, 6) is 0.549. The Morgan fingerprint density at radius 2 is 1.94 bits per heavy atom. The van der Waals surface area contributed by atoms with Gasteiger partial charge in [-0.1, -0.05) is 26.2 Å². The maximum absolute atomic E-state index is 12.3. The zero-order valence-electron chi connectivity index (χ0n) is 11.3. The van der Waals surface area contributed by atoms with Crippen molar-refractivity contribution in [2.75, 3.05) is 13.1 Å². The molecule has 0 radical (unpaired) electrons. The smallest absolute Gasteiger partial charge is 0.216 e. The van der Waals surface area contributed by atoms with Crippen LogP contribution in [-0.4, -0.2) is 32.8 Å². The zero-order chi connectivity index (χ0) is 13.0. The molecule has 1 aliphatic heterocycles. The molecule has 2 unspecified atom stereocenters. The van der Waals surface area contributed by atoms with E-state index in [9.17, 15) is 8.42 Å². The van der Waals surface area contributed by atoms with Crippen LogP contribution >= 0.6 is 0 Å². The minimum atomic E-state index is -3.13. The van der Waals surface area contributed by atoms with Crippen molar-refractivity contribution in [2.24, 2.45) is 5.92 Å². The molecule has 0 bridgehead atoms. The fourth-order valence-electron chi connectivity index (χ4n) is 3.25. The van der Waals surface area contributed by atoms with E-state index in [1.807, 2.05) is 0 Å². The third kappa shape index (κ3) is 3.45. The molecule has 0 aromatic rings. The maximum atomic E-state index is 12.3. The highest BCUT2D eigenvalue weighted by atomic mass is 32.2. The minimum absolute atomic E-state index is 0.149. The second-order valence-corrected chi connectivity index (χ2v) is 7.68. The Hall–Kier alpha value is -0.130. The quantitative estimate of drug-likeness (QED) is 0.801. The minimum Gasteiger partial charge on any atom is -0.315 e. The average molecular weight is 274 g/mol. The molecule has 2 aliphatic rings.